The van der Waals surface area contributed by atoms with Crippen molar-refractivity contribution in [3.8, 4) is 0 Å². The lowest BCUT2D eigenvalue weighted by Crippen LogP contribution is -2.55. The van der Waals surface area contributed by atoms with Gasteiger partial charge in [-0.25, -0.2) is 0 Å². The van der Waals surface area contributed by atoms with Crippen molar-refractivity contribution >= 4 is 11.8 Å². The van der Waals surface area contributed by atoms with E-state index in [0.29, 0.717) is 37.5 Å². The molecular weight excluding hydrogens is 380 g/mol. The average Bonchev–Trinajstić information content (AvgIpc) is 3.12. The number of amides is 2. The fraction of sp³-hybridized carbons (Fsp3) is 0.522. The van der Waals surface area contributed by atoms with Gasteiger partial charge in [0.2, 0.25) is 5.91 Å². The van der Waals surface area contributed by atoms with Gasteiger partial charge in [-0.3, -0.25) is 14.5 Å². The van der Waals surface area contributed by atoms with Gasteiger partial charge < -0.3 is 14.7 Å². The summed E-state index contributed by atoms with van der Waals surface area (Å²) in [6.07, 6.45) is 0.619. The first-order valence-corrected chi connectivity index (χ1v) is 10.6. The van der Waals surface area contributed by atoms with Crippen molar-refractivity contribution in [2.45, 2.75) is 46.7 Å². The Bertz CT molecular complexity index is 869. The topological polar surface area (TPSA) is 78.7 Å². The molecule has 162 valence electrons. The smallest absolute Gasteiger partial charge is 0.252 e. The molecule has 30 heavy (non-hydrogen) atoms. The quantitative estimate of drug-likeness (QED) is 0.757. The molecule has 3 rings (SSSR count). The summed E-state index contributed by atoms with van der Waals surface area (Å²) in [6, 6.07) is 8.88. The molecule has 2 heterocycles. The van der Waals surface area contributed by atoms with Crippen molar-refractivity contribution in [1.29, 1.82) is 0 Å². The highest BCUT2D eigenvalue weighted by Crippen LogP contribution is 2.14. The van der Waals surface area contributed by atoms with E-state index >= 15 is 0 Å². The van der Waals surface area contributed by atoms with Crippen LogP contribution in [0.1, 0.15) is 47.6 Å². The molecule has 2 amide bonds. The van der Waals surface area contributed by atoms with Gasteiger partial charge in [-0.1, -0.05) is 37.2 Å². The van der Waals surface area contributed by atoms with Crippen LogP contribution in [-0.2, 0) is 11.3 Å². The van der Waals surface area contributed by atoms with E-state index < -0.39 is 6.04 Å². The number of piperazine rings is 1. The number of rotatable bonds is 7. The Hall–Kier alpha value is -2.67. The summed E-state index contributed by atoms with van der Waals surface area (Å²) in [5, 5.41) is 6.92. The van der Waals surface area contributed by atoms with Crippen LogP contribution in [0.4, 0.5) is 0 Å². The van der Waals surface area contributed by atoms with E-state index in [9.17, 15) is 9.59 Å². The number of carbonyl (C=O) groups is 2. The first-order chi connectivity index (χ1) is 14.3. The highest BCUT2D eigenvalue weighted by atomic mass is 16.5. The molecule has 0 spiro atoms. The molecular formula is C23H32N4O3. The minimum Gasteiger partial charge on any atom is -0.360 e. The normalized spacial score (nSPS) is 16.0. The SMILES string of the molecule is Cc1cc(CN2CCN(C(=O)C(CC(C)C)NC(=O)c3ccccc3C)CC2)on1. The van der Waals surface area contributed by atoms with Crippen molar-refractivity contribution in [2.24, 2.45) is 5.92 Å². The van der Waals surface area contributed by atoms with Crippen LogP contribution in [0.3, 0.4) is 0 Å². The van der Waals surface area contributed by atoms with Crippen LogP contribution in [0.15, 0.2) is 34.9 Å². The molecule has 1 aromatic carbocycles. The lowest BCUT2D eigenvalue weighted by Gasteiger charge is -2.36. The first kappa shape index (κ1) is 22.0. The van der Waals surface area contributed by atoms with Gasteiger partial charge >= 0.3 is 0 Å². The maximum absolute atomic E-state index is 13.2. The minimum absolute atomic E-state index is 0.000735. The maximum Gasteiger partial charge on any atom is 0.252 e. The monoisotopic (exact) mass is 412 g/mol. The Morgan fingerprint density at radius 3 is 2.43 bits per heavy atom. The predicted octanol–water partition coefficient (Wildman–Crippen LogP) is 2.78. The summed E-state index contributed by atoms with van der Waals surface area (Å²) >= 11 is 0. The molecule has 0 radical (unpaired) electrons. The zero-order valence-corrected chi connectivity index (χ0v) is 18.4. The van der Waals surface area contributed by atoms with E-state index in [1.54, 1.807) is 6.07 Å². The molecule has 1 saturated heterocycles. The van der Waals surface area contributed by atoms with Crippen molar-refractivity contribution in [3.63, 3.8) is 0 Å². The van der Waals surface area contributed by atoms with E-state index in [1.807, 2.05) is 43.0 Å². The van der Waals surface area contributed by atoms with Crippen molar-refractivity contribution in [1.82, 2.24) is 20.3 Å². The number of aromatic nitrogens is 1. The molecule has 1 fully saturated rings. The third-order valence-corrected chi connectivity index (χ3v) is 5.44. The van der Waals surface area contributed by atoms with E-state index in [-0.39, 0.29) is 11.8 Å². The molecule has 0 saturated carbocycles. The average molecular weight is 413 g/mol. The minimum atomic E-state index is -0.513. The number of benzene rings is 1. The summed E-state index contributed by atoms with van der Waals surface area (Å²) < 4.78 is 5.30. The molecule has 1 aliphatic heterocycles. The zero-order chi connectivity index (χ0) is 21.7. The summed E-state index contributed by atoms with van der Waals surface area (Å²) in [7, 11) is 0. The van der Waals surface area contributed by atoms with E-state index in [2.05, 4.69) is 29.2 Å². The Kier molecular flexibility index (Phi) is 7.26. The maximum atomic E-state index is 13.2. The lowest BCUT2D eigenvalue weighted by molar-refractivity contribution is -0.135. The van der Waals surface area contributed by atoms with Gasteiger partial charge in [0.25, 0.3) is 5.91 Å². The molecule has 7 nitrogen and oxygen atoms in total. The molecule has 0 aliphatic carbocycles. The van der Waals surface area contributed by atoms with Crippen molar-refractivity contribution in [2.75, 3.05) is 26.2 Å². The molecule has 0 bridgehead atoms. The number of hydrogen-bond donors (Lipinski definition) is 1. The standard InChI is InChI=1S/C23H32N4O3/c1-16(2)13-21(24-22(28)20-8-6-5-7-17(20)3)23(29)27-11-9-26(10-12-27)15-19-14-18(4)25-30-19/h5-8,14,16,21H,9-13,15H2,1-4H3,(H,24,28). The van der Waals surface area contributed by atoms with Crippen LogP contribution >= 0.6 is 0 Å². The molecule has 1 atom stereocenters. The molecule has 1 aliphatic rings. The number of carbonyl (C=O) groups excluding carboxylic acids is 2. The van der Waals surface area contributed by atoms with Crippen molar-refractivity contribution in [3.05, 3.63) is 52.9 Å². The predicted molar refractivity (Wildman–Crippen MR) is 115 cm³/mol. The zero-order valence-electron chi connectivity index (χ0n) is 18.4. The van der Waals surface area contributed by atoms with Crippen LogP contribution in [0.5, 0.6) is 0 Å². The Labute approximate surface area is 178 Å². The van der Waals surface area contributed by atoms with Crippen LogP contribution in [0.25, 0.3) is 0 Å². The van der Waals surface area contributed by atoms with Gasteiger partial charge in [0.05, 0.1) is 12.2 Å². The van der Waals surface area contributed by atoms with Gasteiger partial charge in [0.1, 0.15) is 6.04 Å². The van der Waals surface area contributed by atoms with Gasteiger partial charge in [-0.15, -0.1) is 0 Å². The van der Waals surface area contributed by atoms with E-state index in [1.165, 1.54) is 0 Å². The second-order valence-electron chi connectivity index (χ2n) is 8.51. The number of aryl methyl sites for hydroxylation is 2. The highest BCUT2D eigenvalue weighted by Gasteiger charge is 2.30. The van der Waals surface area contributed by atoms with Crippen LogP contribution in [0, 0.1) is 19.8 Å². The fourth-order valence-corrected chi connectivity index (χ4v) is 3.81. The van der Waals surface area contributed by atoms with Crippen LogP contribution in [-0.4, -0.2) is 59.0 Å². The molecule has 1 aromatic heterocycles. The number of nitrogens with zero attached hydrogens (tertiary/aromatic N) is 3. The van der Waals surface area contributed by atoms with E-state index in [4.69, 9.17) is 4.52 Å². The van der Waals surface area contributed by atoms with E-state index in [0.717, 1.165) is 30.1 Å². The first-order valence-electron chi connectivity index (χ1n) is 10.6. The summed E-state index contributed by atoms with van der Waals surface area (Å²) in [5.74, 6) is 0.953. The van der Waals surface area contributed by atoms with Crippen LogP contribution < -0.4 is 5.32 Å². The molecule has 7 heteroatoms. The lowest BCUT2D eigenvalue weighted by atomic mass is 10.0. The Balaban J connectivity index is 1.60. The largest absolute Gasteiger partial charge is 0.360 e. The Morgan fingerprint density at radius 2 is 1.83 bits per heavy atom. The number of nitrogens with one attached hydrogen (secondary N) is 1. The second-order valence-corrected chi connectivity index (χ2v) is 8.51. The molecule has 1 unspecified atom stereocenters. The van der Waals surface area contributed by atoms with Crippen molar-refractivity contribution < 1.29 is 14.1 Å². The third-order valence-electron chi connectivity index (χ3n) is 5.44. The van der Waals surface area contributed by atoms with Crippen LogP contribution in [0.2, 0.25) is 0 Å². The van der Waals surface area contributed by atoms with Gasteiger partial charge in [-0.2, -0.15) is 0 Å². The van der Waals surface area contributed by atoms with Gasteiger partial charge in [0.15, 0.2) is 5.76 Å². The summed E-state index contributed by atoms with van der Waals surface area (Å²) in [5.41, 5.74) is 2.40. The molecule has 1 N–H and O–H groups in total. The summed E-state index contributed by atoms with van der Waals surface area (Å²) in [6.45, 7) is 11.5. The second kappa shape index (κ2) is 9.89. The summed E-state index contributed by atoms with van der Waals surface area (Å²) in [4.78, 5) is 30.1. The fourth-order valence-electron chi connectivity index (χ4n) is 3.81. The van der Waals surface area contributed by atoms with Gasteiger partial charge in [-0.05, 0) is 37.8 Å². The third kappa shape index (κ3) is 5.69. The molecule has 2 aromatic rings. The highest BCUT2D eigenvalue weighted by molar-refractivity contribution is 5.98. The Morgan fingerprint density at radius 1 is 1.13 bits per heavy atom. The number of hydrogen-bond acceptors (Lipinski definition) is 5. The van der Waals surface area contributed by atoms with Gasteiger partial charge in [0, 0.05) is 37.8 Å².